The van der Waals surface area contributed by atoms with Gasteiger partial charge in [-0.15, -0.1) is 0 Å². The first-order valence-electron chi connectivity index (χ1n) is 5.77. The number of nitrogens with one attached hydrogen (secondary N) is 1. The highest BCUT2D eigenvalue weighted by Gasteiger charge is 2.01. The topological polar surface area (TPSA) is 49.3 Å². The van der Waals surface area contributed by atoms with Gasteiger partial charge in [-0.1, -0.05) is 25.5 Å². The minimum absolute atomic E-state index is 0.0986. The van der Waals surface area contributed by atoms with Gasteiger partial charge in [0.05, 0.1) is 0 Å². The molecule has 0 aliphatic carbocycles. The van der Waals surface area contributed by atoms with Gasteiger partial charge in [0, 0.05) is 13.0 Å². The number of unbranched alkanes of at least 4 members (excludes halogenated alkanes) is 1. The molecule has 0 aliphatic heterocycles. The summed E-state index contributed by atoms with van der Waals surface area (Å²) in [4.78, 5) is 11.4. The van der Waals surface area contributed by atoms with E-state index in [1.54, 1.807) is 12.1 Å². The minimum atomic E-state index is 0.0986. The van der Waals surface area contributed by atoms with Gasteiger partial charge in [0.2, 0.25) is 5.91 Å². The van der Waals surface area contributed by atoms with Gasteiger partial charge in [0.25, 0.3) is 0 Å². The fourth-order valence-electron chi connectivity index (χ4n) is 1.41. The van der Waals surface area contributed by atoms with Crippen molar-refractivity contribution in [1.29, 1.82) is 0 Å². The van der Waals surface area contributed by atoms with Gasteiger partial charge in [0.15, 0.2) is 0 Å². The molecule has 3 heteroatoms. The van der Waals surface area contributed by atoms with E-state index in [1.807, 2.05) is 12.1 Å². The normalized spacial score (nSPS) is 10.1. The number of hydrogen-bond acceptors (Lipinski definition) is 2. The molecule has 0 fully saturated rings. The summed E-state index contributed by atoms with van der Waals surface area (Å²) in [7, 11) is 0. The molecule has 0 spiro atoms. The third kappa shape index (κ3) is 4.82. The third-order valence-corrected chi connectivity index (χ3v) is 2.43. The summed E-state index contributed by atoms with van der Waals surface area (Å²) >= 11 is 0. The Labute approximate surface area is 96.5 Å². The largest absolute Gasteiger partial charge is 0.508 e. The molecule has 0 unspecified atom stereocenters. The van der Waals surface area contributed by atoms with Gasteiger partial charge in [0.1, 0.15) is 5.75 Å². The lowest BCUT2D eigenvalue weighted by molar-refractivity contribution is -0.121. The summed E-state index contributed by atoms with van der Waals surface area (Å²) in [5, 5.41) is 12.0. The van der Waals surface area contributed by atoms with E-state index >= 15 is 0 Å². The summed E-state index contributed by atoms with van der Waals surface area (Å²) in [6.07, 6.45) is 3.36. The van der Waals surface area contributed by atoms with Crippen molar-refractivity contribution in [2.45, 2.75) is 32.6 Å². The van der Waals surface area contributed by atoms with Gasteiger partial charge < -0.3 is 10.4 Å². The molecule has 0 saturated carbocycles. The monoisotopic (exact) mass is 221 g/mol. The fourth-order valence-corrected chi connectivity index (χ4v) is 1.41. The van der Waals surface area contributed by atoms with Gasteiger partial charge in [-0.2, -0.15) is 0 Å². The first-order valence-corrected chi connectivity index (χ1v) is 5.77. The molecule has 0 atom stereocenters. The molecule has 88 valence electrons. The van der Waals surface area contributed by atoms with Gasteiger partial charge in [-0.05, 0) is 30.5 Å². The number of phenols is 1. The molecule has 1 amide bonds. The third-order valence-electron chi connectivity index (χ3n) is 2.43. The lowest BCUT2D eigenvalue weighted by Gasteiger charge is -2.04. The van der Waals surface area contributed by atoms with E-state index in [9.17, 15) is 4.79 Å². The van der Waals surface area contributed by atoms with Crippen LogP contribution >= 0.6 is 0 Å². The molecule has 0 bridgehead atoms. The lowest BCUT2D eigenvalue weighted by Crippen LogP contribution is -2.24. The Balaban J connectivity index is 2.23. The molecule has 1 rings (SSSR count). The molecule has 2 N–H and O–H groups in total. The van der Waals surface area contributed by atoms with Crippen molar-refractivity contribution >= 4 is 5.91 Å². The van der Waals surface area contributed by atoms with Gasteiger partial charge in [-0.3, -0.25) is 4.79 Å². The number of amides is 1. The summed E-state index contributed by atoms with van der Waals surface area (Å²) in [6, 6.07) is 6.97. The molecule has 1 aromatic rings. The first kappa shape index (κ1) is 12.6. The second-order valence-electron chi connectivity index (χ2n) is 3.87. The second-order valence-corrected chi connectivity index (χ2v) is 3.87. The summed E-state index contributed by atoms with van der Waals surface area (Å²) in [5.74, 6) is 0.359. The molecular formula is C13H19NO2. The van der Waals surface area contributed by atoms with Crippen molar-refractivity contribution in [2.24, 2.45) is 0 Å². The van der Waals surface area contributed by atoms with Crippen LogP contribution in [-0.2, 0) is 11.2 Å². The number of benzene rings is 1. The van der Waals surface area contributed by atoms with Crippen LogP contribution in [0.4, 0.5) is 0 Å². The number of rotatable bonds is 6. The number of hydrogen-bond donors (Lipinski definition) is 2. The van der Waals surface area contributed by atoms with Crippen molar-refractivity contribution in [1.82, 2.24) is 5.32 Å². The van der Waals surface area contributed by atoms with Crippen LogP contribution in [0.25, 0.3) is 0 Å². The van der Waals surface area contributed by atoms with E-state index in [4.69, 9.17) is 5.11 Å². The van der Waals surface area contributed by atoms with E-state index in [1.165, 1.54) is 0 Å². The second kappa shape index (κ2) is 6.88. The zero-order valence-corrected chi connectivity index (χ0v) is 9.70. The Kier molecular flexibility index (Phi) is 5.40. The van der Waals surface area contributed by atoms with Gasteiger partial charge in [-0.25, -0.2) is 0 Å². The predicted octanol–water partition coefficient (Wildman–Crippen LogP) is 2.24. The maximum atomic E-state index is 11.4. The van der Waals surface area contributed by atoms with E-state index in [0.29, 0.717) is 6.42 Å². The lowest BCUT2D eigenvalue weighted by atomic mass is 10.1. The van der Waals surface area contributed by atoms with Gasteiger partial charge >= 0.3 is 0 Å². The first-order chi connectivity index (χ1) is 7.72. The molecule has 3 nitrogen and oxygen atoms in total. The molecule has 1 aromatic carbocycles. The number of phenolic OH excluding ortho intramolecular Hbond substituents is 1. The van der Waals surface area contributed by atoms with Crippen molar-refractivity contribution in [3.8, 4) is 5.75 Å². The molecular weight excluding hydrogens is 202 g/mol. The average molecular weight is 221 g/mol. The molecule has 0 heterocycles. The van der Waals surface area contributed by atoms with Crippen LogP contribution in [-0.4, -0.2) is 17.6 Å². The fraction of sp³-hybridized carbons (Fsp3) is 0.462. The van der Waals surface area contributed by atoms with E-state index < -0.39 is 0 Å². The number of aryl methyl sites for hydroxylation is 1. The Morgan fingerprint density at radius 2 is 2.00 bits per heavy atom. The predicted molar refractivity (Wildman–Crippen MR) is 64.3 cm³/mol. The van der Waals surface area contributed by atoms with E-state index in [2.05, 4.69) is 12.2 Å². The van der Waals surface area contributed by atoms with Crippen LogP contribution in [0.3, 0.4) is 0 Å². The Hall–Kier alpha value is -1.51. The van der Waals surface area contributed by atoms with E-state index in [0.717, 1.165) is 31.4 Å². The summed E-state index contributed by atoms with van der Waals surface area (Å²) in [6.45, 7) is 2.87. The van der Waals surface area contributed by atoms with Crippen molar-refractivity contribution < 1.29 is 9.90 Å². The molecule has 0 saturated heterocycles. The average Bonchev–Trinajstić information content (AvgIpc) is 2.29. The standard InChI is InChI=1S/C13H19NO2/c1-2-3-10-14-13(16)9-6-11-4-7-12(15)8-5-11/h4-5,7-8,15H,2-3,6,9-10H2,1H3,(H,14,16). The number of carbonyl (C=O) groups is 1. The van der Waals surface area contributed by atoms with Crippen LogP contribution in [0.1, 0.15) is 31.7 Å². The smallest absolute Gasteiger partial charge is 0.220 e. The maximum absolute atomic E-state index is 11.4. The van der Waals surface area contributed by atoms with Crippen LogP contribution in [0, 0.1) is 0 Å². The Bertz CT molecular complexity index is 319. The van der Waals surface area contributed by atoms with Crippen LogP contribution in [0.2, 0.25) is 0 Å². The van der Waals surface area contributed by atoms with Crippen LogP contribution in [0.5, 0.6) is 5.75 Å². The number of carbonyl (C=O) groups excluding carboxylic acids is 1. The zero-order chi connectivity index (χ0) is 11.8. The van der Waals surface area contributed by atoms with Crippen molar-refractivity contribution in [2.75, 3.05) is 6.54 Å². The highest BCUT2D eigenvalue weighted by molar-refractivity contribution is 5.76. The highest BCUT2D eigenvalue weighted by atomic mass is 16.3. The maximum Gasteiger partial charge on any atom is 0.220 e. The quantitative estimate of drug-likeness (QED) is 0.724. The number of aromatic hydroxyl groups is 1. The van der Waals surface area contributed by atoms with Crippen molar-refractivity contribution in [3.63, 3.8) is 0 Å². The highest BCUT2D eigenvalue weighted by Crippen LogP contribution is 2.10. The Morgan fingerprint density at radius 3 is 2.62 bits per heavy atom. The summed E-state index contributed by atoms with van der Waals surface area (Å²) in [5.41, 5.74) is 1.07. The molecule has 0 aromatic heterocycles. The summed E-state index contributed by atoms with van der Waals surface area (Å²) < 4.78 is 0. The SMILES string of the molecule is CCCCNC(=O)CCc1ccc(O)cc1. The van der Waals surface area contributed by atoms with E-state index in [-0.39, 0.29) is 11.7 Å². The van der Waals surface area contributed by atoms with Crippen LogP contribution in [0.15, 0.2) is 24.3 Å². The molecule has 0 aliphatic rings. The van der Waals surface area contributed by atoms with Crippen LogP contribution < -0.4 is 5.32 Å². The van der Waals surface area contributed by atoms with Crippen molar-refractivity contribution in [3.05, 3.63) is 29.8 Å². The zero-order valence-electron chi connectivity index (χ0n) is 9.70. The molecule has 0 radical (unpaired) electrons. The minimum Gasteiger partial charge on any atom is -0.508 e. The molecule has 16 heavy (non-hydrogen) atoms. The Morgan fingerprint density at radius 1 is 1.31 bits per heavy atom.